The molecule has 1 heterocycles. The maximum atomic E-state index is 13.7. The van der Waals surface area contributed by atoms with Crippen molar-refractivity contribution >= 4 is 17.6 Å². The first-order valence-corrected chi connectivity index (χ1v) is 9.14. The van der Waals surface area contributed by atoms with Gasteiger partial charge in [-0.25, -0.2) is 9.18 Å². The zero-order valence-corrected chi connectivity index (χ0v) is 15.6. The number of benzene rings is 2. The summed E-state index contributed by atoms with van der Waals surface area (Å²) in [7, 11) is 0. The Morgan fingerprint density at radius 3 is 2.34 bits per heavy atom. The van der Waals surface area contributed by atoms with Crippen molar-refractivity contribution in [2.45, 2.75) is 19.0 Å². The van der Waals surface area contributed by atoms with Gasteiger partial charge in [0.25, 0.3) is 0 Å². The highest BCUT2D eigenvalue weighted by atomic mass is 19.1. The van der Waals surface area contributed by atoms with E-state index in [1.54, 1.807) is 42.7 Å². The molecule has 0 aliphatic heterocycles. The highest BCUT2D eigenvalue weighted by molar-refractivity contribution is 5.97. The molecule has 0 spiro atoms. The van der Waals surface area contributed by atoms with Gasteiger partial charge in [-0.05, 0) is 23.8 Å². The zero-order chi connectivity index (χ0) is 20.5. The lowest BCUT2D eigenvalue weighted by molar-refractivity contribution is -0.117. The second-order valence-electron chi connectivity index (χ2n) is 6.39. The molecule has 1 unspecified atom stereocenters. The predicted octanol–water partition coefficient (Wildman–Crippen LogP) is 3.27. The van der Waals surface area contributed by atoms with Gasteiger partial charge in [-0.15, -0.1) is 0 Å². The van der Waals surface area contributed by atoms with Crippen LogP contribution in [-0.4, -0.2) is 23.0 Å². The van der Waals surface area contributed by atoms with Crippen molar-refractivity contribution in [3.8, 4) is 0 Å². The van der Waals surface area contributed by atoms with Crippen molar-refractivity contribution in [1.29, 1.82) is 0 Å². The lowest BCUT2D eigenvalue weighted by Crippen LogP contribution is -2.49. The van der Waals surface area contributed by atoms with E-state index < -0.39 is 17.9 Å². The summed E-state index contributed by atoms with van der Waals surface area (Å²) in [5.74, 6) is -0.759. The Morgan fingerprint density at radius 1 is 0.931 bits per heavy atom. The van der Waals surface area contributed by atoms with Crippen molar-refractivity contribution in [2.24, 2.45) is 0 Å². The van der Waals surface area contributed by atoms with Gasteiger partial charge in [0, 0.05) is 36.6 Å². The van der Waals surface area contributed by atoms with Gasteiger partial charge >= 0.3 is 6.03 Å². The standard InChI is InChI=1S/C22H21FN4O2/c23-19-9-5-4-8-17(19)15-25-22(29)27-20(14-16-6-2-1-3-7-16)21(28)26-18-10-12-24-13-11-18/h1-13,20H,14-15H2,(H,24,26,28)(H2,25,27,29). The molecule has 3 N–H and O–H groups in total. The summed E-state index contributed by atoms with van der Waals surface area (Å²) in [5, 5.41) is 8.04. The molecule has 7 heteroatoms. The van der Waals surface area contributed by atoms with Gasteiger partial charge in [0.15, 0.2) is 0 Å². The monoisotopic (exact) mass is 392 g/mol. The summed E-state index contributed by atoms with van der Waals surface area (Å²) in [6.07, 6.45) is 3.44. The lowest BCUT2D eigenvalue weighted by atomic mass is 10.1. The Labute approximate surface area is 168 Å². The molecule has 0 radical (unpaired) electrons. The number of aromatic nitrogens is 1. The number of carbonyl (C=O) groups is 2. The summed E-state index contributed by atoms with van der Waals surface area (Å²) < 4.78 is 13.7. The van der Waals surface area contributed by atoms with E-state index in [0.29, 0.717) is 17.7 Å². The van der Waals surface area contributed by atoms with Crippen LogP contribution in [0.5, 0.6) is 0 Å². The van der Waals surface area contributed by atoms with Gasteiger partial charge in [-0.3, -0.25) is 9.78 Å². The average molecular weight is 392 g/mol. The average Bonchev–Trinajstić information content (AvgIpc) is 2.74. The van der Waals surface area contributed by atoms with Crippen molar-refractivity contribution < 1.29 is 14.0 Å². The van der Waals surface area contributed by atoms with Gasteiger partial charge in [0.05, 0.1) is 0 Å². The summed E-state index contributed by atoms with van der Waals surface area (Å²) >= 11 is 0. The molecule has 0 aliphatic carbocycles. The topological polar surface area (TPSA) is 83.1 Å². The Hall–Kier alpha value is -3.74. The molecule has 0 fully saturated rings. The summed E-state index contributed by atoms with van der Waals surface area (Å²) in [6.45, 7) is 0.0164. The molecule has 3 aromatic rings. The number of nitrogens with zero attached hydrogens (tertiary/aromatic N) is 1. The Bertz CT molecular complexity index is 951. The maximum Gasteiger partial charge on any atom is 0.315 e. The highest BCUT2D eigenvalue weighted by Crippen LogP contribution is 2.09. The number of urea groups is 1. The second kappa shape index (κ2) is 9.98. The van der Waals surface area contributed by atoms with Crippen LogP contribution in [0, 0.1) is 5.82 Å². The molecule has 3 amide bonds. The summed E-state index contributed by atoms with van der Waals surface area (Å²) in [6, 6.07) is 17.5. The van der Waals surface area contributed by atoms with Crippen molar-refractivity contribution in [1.82, 2.24) is 15.6 Å². The molecule has 3 rings (SSSR count). The SMILES string of the molecule is O=C(NCc1ccccc1F)NC(Cc1ccccc1)C(=O)Nc1ccncc1. The van der Waals surface area contributed by atoms with Crippen molar-refractivity contribution in [3.05, 3.63) is 96.1 Å². The minimum Gasteiger partial charge on any atom is -0.334 e. The number of hydrogen-bond acceptors (Lipinski definition) is 3. The number of amides is 3. The molecule has 0 bridgehead atoms. The Balaban J connectivity index is 1.66. The highest BCUT2D eigenvalue weighted by Gasteiger charge is 2.21. The first-order valence-electron chi connectivity index (χ1n) is 9.14. The minimum absolute atomic E-state index is 0.0164. The van der Waals surface area contributed by atoms with Crippen molar-refractivity contribution in [2.75, 3.05) is 5.32 Å². The predicted molar refractivity (Wildman–Crippen MR) is 109 cm³/mol. The smallest absolute Gasteiger partial charge is 0.315 e. The molecule has 1 atom stereocenters. The fraction of sp³-hybridized carbons (Fsp3) is 0.136. The number of rotatable bonds is 7. The van der Waals surface area contributed by atoms with E-state index >= 15 is 0 Å². The first-order chi connectivity index (χ1) is 14.1. The lowest BCUT2D eigenvalue weighted by Gasteiger charge is -2.19. The van der Waals surface area contributed by atoms with E-state index in [4.69, 9.17) is 0 Å². The van der Waals surface area contributed by atoms with E-state index in [2.05, 4.69) is 20.9 Å². The zero-order valence-electron chi connectivity index (χ0n) is 15.6. The molecule has 1 aromatic heterocycles. The van der Waals surface area contributed by atoms with Gasteiger partial charge in [0.2, 0.25) is 5.91 Å². The molecule has 0 saturated carbocycles. The van der Waals surface area contributed by atoms with E-state index in [-0.39, 0.29) is 12.5 Å². The molecule has 29 heavy (non-hydrogen) atoms. The van der Waals surface area contributed by atoms with Gasteiger partial charge < -0.3 is 16.0 Å². The van der Waals surface area contributed by atoms with Gasteiger partial charge in [0.1, 0.15) is 11.9 Å². The van der Waals surface area contributed by atoms with Crippen LogP contribution in [0.25, 0.3) is 0 Å². The fourth-order valence-corrected chi connectivity index (χ4v) is 2.75. The number of carbonyl (C=O) groups excluding carboxylic acids is 2. The van der Waals surface area contributed by atoms with Crippen molar-refractivity contribution in [3.63, 3.8) is 0 Å². The number of anilines is 1. The van der Waals surface area contributed by atoms with Gasteiger partial charge in [-0.2, -0.15) is 0 Å². The molecular formula is C22H21FN4O2. The quantitative estimate of drug-likeness (QED) is 0.577. The van der Waals surface area contributed by atoms with Crippen LogP contribution in [0.15, 0.2) is 79.1 Å². The first kappa shape index (κ1) is 20.0. The number of halogens is 1. The fourth-order valence-electron chi connectivity index (χ4n) is 2.75. The van der Waals surface area contributed by atoms with Crippen LogP contribution in [0.2, 0.25) is 0 Å². The second-order valence-corrected chi connectivity index (χ2v) is 6.39. The number of hydrogen-bond donors (Lipinski definition) is 3. The third-order valence-corrected chi connectivity index (χ3v) is 4.25. The summed E-state index contributed by atoms with van der Waals surface area (Å²) in [4.78, 5) is 29.0. The molecule has 2 aromatic carbocycles. The van der Waals surface area contributed by atoms with E-state index in [1.807, 2.05) is 30.3 Å². The number of pyridine rings is 1. The normalized spacial score (nSPS) is 11.3. The molecule has 6 nitrogen and oxygen atoms in total. The van der Waals surface area contributed by atoms with E-state index in [0.717, 1.165) is 5.56 Å². The number of nitrogens with one attached hydrogen (secondary N) is 3. The minimum atomic E-state index is -0.814. The summed E-state index contributed by atoms with van der Waals surface area (Å²) in [5.41, 5.74) is 1.84. The third kappa shape index (κ3) is 6.14. The van der Waals surface area contributed by atoms with Crippen LogP contribution in [-0.2, 0) is 17.8 Å². The Kier molecular flexibility index (Phi) is 6.89. The van der Waals surface area contributed by atoms with Crippen LogP contribution >= 0.6 is 0 Å². The molecule has 0 aliphatic rings. The van der Waals surface area contributed by atoms with Gasteiger partial charge in [-0.1, -0.05) is 48.5 Å². The third-order valence-electron chi connectivity index (χ3n) is 4.25. The maximum absolute atomic E-state index is 13.7. The van der Waals surface area contributed by atoms with Crippen LogP contribution in [0.1, 0.15) is 11.1 Å². The van der Waals surface area contributed by atoms with E-state index in [9.17, 15) is 14.0 Å². The van der Waals surface area contributed by atoms with E-state index in [1.165, 1.54) is 6.07 Å². The molecular weight excluding hydrogens is 371 g/mol. The Morgan fingerprint density at radius 2 is 1.62 bits per heavy atom. The molecule has 148 valence electrons. The van der Waals surface area contributed by atoms with Crippen LogP contribution in [0.4, 0.5) is 14.9 Å². The van der Waals surface area contributed by atoms with Crippen LogP contribution in [0.3, 0.4) is 0 Å². The largest absolute Gasteiger partial charge is 0.334 e. The molecule has 0 saturated heterocycles. The van der Waals surface area contributed by atoms with Crippen LogP contribution < -0.4 is 16.0 Å².